The van der Waals surface area contributed by atoms with Crippen molar-refractivity contribution >= 4 is 33.0 Å². The Balaban J connectivity index is 2.08. The van der Waals surface area contributed by atoms with E-state index in [0.717, 1.165) is 10.6 Å². The fourth-order valence-electron chi connectivity index (χ4n) is 2.33. The quantitative estimate of drug-likeness (QED) is 0.531. The predicted molar refractivity (Wildman–Crippen MR) is 106 cm³/mol. The minimum atomic E-state index is -3.37. The molecule has 0 aliphatic carbocycles. The van der Waals surface area contributed by atoms with Crippen LogP contribution in [0.5, 0.6) is 5.75 Å². The lowest BCUT2D eigenvalue weighted by molar-refractivity contribution is -0.384. The van der Waals surface area contributed by atoms with Gasteiger partial charge in [-0.1, -0.05) is 13.0 Å². The highest BCUT2D eigenvalue weighted by molar-refractivity contribution is 7.92. The number of nitro groups is 1. The summed E-state index contributed by atoms with van der Waals surface area (Å²) in [6.45, 7) is 1.77. The average Bonchev–Trinajstić information content (AvgIpc) is 2.65. The number of carbonyl (C=O) groups excluding carboxylic acids is 1. The van der Waals surface area contributed by atoms with Crippen molar-refractivity contribution < 1.29 is 22.9 Å². The Kier molecular flexibility index (Phi) is 6.57. The van der Waals surface area contributed by atoms with Gasteiger partial charge in [-0.3, -0.25) is 19.2 Å². The third kappa shape index (κ3) is 5.43. The molecule has 1 unspecified atom stereocenters. The van der Waals surface area contributed by atoms with Crippen LogP contribution in [0.4, 0.5) is 17.1 Å². The van der Waals surface area contributed by atoms with Crippen LogP contribution in [-0.2, 0) is 14.8 Å². The number of carbonyl (C=O) groups is 1. The van der Waals surface area contributed by atoms with Gasteiger partial charge in [-0.25, -0.2) is 8.42 Å². The number of nitrogens with one attached hydrogen (secondary N) is 1. The van der Waals surface area contributed by atoms with Gasteiger partial charge >= 0.3 is 0 Å². The van der Waals surface area contributed by atoms with Crippen LogP contribution in [0.3, 0.4) is 0 Å². The molecule has 9 nitrogen and oxygen atoms in total. The maximum absolute atomic E-state index is 12.4. The fourth-order valence-corrected chi connectivity index (χ4v) is 2.84. The number of non-ortho nitro benzene ring substituents is 1. The second-order valence-corrected chi connectivity index (χ2v) is 8.05. The van der Waals surface area contributed by atoms with E-state index in [1.165, 1.54) is 25.2 Å². The number of hydrogen-bond donors (Lipinski definition) is 1. The van der Waals surface area contributed by atoms with Crippen molar-refractivity contribution in [3.8, 4) is 5.75 Å². The van der Waals surface area contributed by atoms with Crippen LogP contribution in [0.2, 0.25) is 0 Å². The van der Waals surface area contributed by atoms with E-state index in [4.69, 9.17) is 4.74 Å². The van der Waals surface area contributed by atoms with Gasteiger partial charge in [0.05, 0.1) is 16.9 Å². The van der Waals surface area contributed by atoms with Gasteiger partial charge in [-0.2, -0.15) is 0 Å². The molecule has 0 saturated heterocycles. The topological polar surface area (TPSA) is 119 Å². The largest absolute Gasteiger partial charge is 0.481 e. The molecule has 0 aliphatic heterocycles. The molecule has 10 heteroatoms. The monoisotopic (exact) mass is 407 g/mol. The molecular formula is C18H21N3O6S. The lowest BCUT2D eigenvalue weighted by Gasteiger charge is -2.19. The number of sulfonamides is 1. The Morgan fingerprint density at radius 3 is 2.43 bits per heavy atom. The highest BCUT2D eigenvalue weighted by atomic mass is 32.2. The summed E-state index contributed by atoms with van der Waals surface area (Å²) in [5.41, 5.74) is 0.632. The van der Waals surface area contributed by atoms with Crippen molar-refractivity contribution in [1.29, 1.82) is 0 Å². The molecule has 0 heterocycles. The van der Waals surface area contributed by atoms with Crippen molar-refractivity contribution in [2.75, 3.05) is 22.9 Å². The van der Waals surface area contributed by atoms with Crippen molar-refractivity contribution in [2.45, 2.75) is 19.4 Å². The zero-order valence-corrected chi connectivity index (χ0v) is 16.5. The molecule has 0 radical (unpaired) electrons. The van der Waals surface area contributed by atoms with E-state index >= 15 is 0 Å². The first-order valence-corrected chi connectivity index (χ1v) is 10.2. The first-order valence-electron chi connectivity index (χ1n) is 8.37. The van der Waals surface area contributed by atoms with Gasteiger partial charge in [0.15, 0.2) is 6.10 Å². The van der Waals surface area contributed by atoms with E-state index in [1.54, 1.807) is 37.3 Å². The van der Waals surface area contributed by atoms with Crippen molar-refractivity contribution in [2.24, 2.45) is 0 Å². The summed E-state index contributed by atoms with van der Waals surface area (Å²) in [7, 11) is -1.94. The number of amides is 1. The number of benzene rings is 2. The summed E-state index contributed by atoms with van der Waals surface area (Å²) in [5.74, 6) is -0.0491. The second-order valence-electron chi connectivity index (χ2n) is 6.04. The molecule has 2 rings (SSSR count). The highest BCUT2D eigenvalue weighted by Gasteiger charge is 2.20. The maximum Gasteiger partial charge on any atom is 0.271 e. The van der Waals surface area contributed by atoms with E-state index in [-0.39, 0.29) is 5.69 Å². The van der Waals surface area contributed by atoms with Gasteiger partial charge in [0, 0.05) is 24.9 Å². The molecule has 0 spiro atoms. The van der Waals surface area contributed by atoms with Gasteiger partial charge in [-0.05, 0) is 36.8 Å². The lowest BCUT2D eigenvalue weighted by Crippen LogP contribution is -2.32. The Morgan fingerprint density at radius 2 is 1.89 bits per heavy atom. The molecule has 2 aromatic rings. The summed E-state index contributed by atoms with van der Waals surface area (Å²) < 4.78 is 29.9. The van der Waals surface area contributed by atoms with Crippen molar-refractivity contribution in [3.05, 3.63) is 58.6 Å². The average molecular weight is 407 g/mol. The molecule has 28 heavy (non-hydrogen) atoms. The molecule has 0 aliphatic rings. The molecule has 1 N–H and O–H groups in total. The van der Waals surface area contributed by atoms with E-state index in [2.05, 4.69) is 5.32 Å². The predicted octanol–water partition coefficient (Wildman–Crippen LogP) is 2.79. The highest BCUT2D eigenvalue weighted by Crippen LogP contribution is 2.22. The maximum atomic E-state index is 12.4. The van der Waals surface area contributed by atoms with Gasteiger partial charge in [-0.15, -0.1) is 0 Å². The summed E-state index contributed by atoms with van der Waals surface area (Å²) in [6, 6.07) is 11.9. The van der Waals surface area contributed by atoms with Gasteiger partial charge < -0.3 is 10.1 Å². The van der Waals surface area contributed by atoms with Crippen molar-refractivity contribution in [1.82, 2.24) is 0 Å². The first kappa shape index (κ1) is 21.2. The molecule has 0 saturated carbocycles. The van der Waals surface area contributed by atoms with Gasteiger partial charge in [0.1, 0.15) is 5.75 Å². The van der Waals surface area contributed by atoms with Crippen LogP contribution in [0, 0.1) is 10.1 Å². The van der Waals surface area contributed by atoms with Crippen LogP contribution in [0.25, 0.3) is 0 Å². The summed E-state index contributed by atoms with van der Waals surface area (Å²) in [5, 5.41) is 13.4. The molecule has 1 amide bonds. The Labute approximate surface area is 163 Å². The number of hydrogen-bond acceptors (Lipinski definition) is 6. The van der Waals surface area contributed by atoms with Crippen molar-refractivity contribution in [3.63, 3.8) is 0 Å². The SMILES string of the molecule is CCC(Oc1ccc(N(C)S(C)(=O)=O)cc1)C(=O)Nc1cccc([N+](=O)[O-])c1. The number of anilines is 2. The van der Waals surface area contributed by atoms with Crippen LogP contribution in [0.1, 0.15) is 13.3 Å². The fraction of sp³-hybridized carbons (Fsp3) is 0.278. The van der Waals surface area contributed by atoms with Gasteiger partial charge in [0.2, 0.25) is 10.0 Å². The molecule has 0 bridgehead atoms. The van der Waals surface area contributed by atoms with Crippen LogP contribution in [0.15, 0.2) is 48.5 Å². The molecule has 0 aromatic heterocycles. The number of nitro benzene ring substituents is 1. The Bertz CT molecular complexity index is 960. The number of ether oxygens (including phenoxy) is 1. The summed E-state index contributed by atoms with van der Waals surface area (Å²) >= 11 is 0. The first-order chi connectivity index (χ1) is 13.1. The van der Waals surface area contributed by atoms with E-state index in [0.29, 0.717) is 23.5 Å². The minimum absolute atomic E-state index is 0.127. The molecule has 0 fully saturated rings. The van der Waals surface area contributed by atoms with Gasteiger partial charge in [0.25, 0.3) is 11.6 Å². The molecule has 2 aromatic carbocycles. The summed E-state index contributed by atoms with van der Waals surface area (Å²) in [6.07, 6.45) is 0.645. The van der Waals surface area contributed by atoms with E-state index < -0.39 is 27.0 Å². The third-order valence-corrected chi connectivity index (χ3v) is 5.17. The standard InChI is InChI=1S/C18H21N3O6S/c1-4-17(18(22)19-13-6-5-7-15(12-13)21(23)24)27-16-10-8-14(9-11-16)20(2)28(3,25)26/h5-12,17H,4H2,1-3H3,(H,19,22). The van der Waals surface area contributed by atoms with Crippen LogP contribution >= 0.6 is 0 Å². The minimum Gasteiger partial charge on any atom is -0.481 e. The van der Waals surface area contributed by atoms with E-state index in [1.807, 2.05) is 0 Å². The van der Waals surface area contributed by atoms with Crippen LogP contribution in [-0.4, -0.2) is 38.7 Å². The molecule has 150 valence electrons. The normalized spacial score (nSPS) is 12.1. The zero-order valence-electron chi connectivity index (χ0n) is 15.7. The smallest absolute Gasteiger partial charge is 0.271 e. The summed E-state index contributed by atoms with van der Waals surface area (Å²) in [4.78, 5) is 22.7. The lowest BCUT2D eigenvalue weighted by atomic mass is 10.2. The molecular weight excluding hydrogens is 386 g/mol. The Morgan fingerprint density at radius 1 is 1.25 bits per heavy atom. The Hall–Kier alpha value is -3.14. The number of rotatable bonds is 8. The number of nitrogens with zero attached hydrogens (tertiary/aromatic N) is 2. The third-order valence-electron chi connectivity index (χ3n) is 3.96. The zero-order chi connectivity index (χ0) is 20.9. The second kappa shape index (κ2) is 8.70. The van der Waals surface area contributed by atoms with E-state index in [9.17, 15) is 23.3 Å². The van der Waals surface area contributed by atoms with Crippen LogP contribution < -0.4 is 14.4 Å². The molecule has 1 atom stereocenters.